The Labute approximate surface area is 118 Å². The van der Waals surface area contributed by atoms with E-state index in [4.69, 9.17) is 5.73 Å². The summed E-state index contributed by atoms with van der Waals surface area (Å²) in [6.45, 7) is 4.15. The molecule has 1 aromatic rings. The maximum absolute atomic E-state index is 11.5. The Bertz CT molecular complexity index is 547. The molecule has 1 aromatic carbocycles. The van der Waals surface area contributed by atoms with Crippen molar-refractivity contribution in [2.75, 3.05) is 0 Å². The molecule has 5 heteroatoms. The molecule has 1 aliphatic rings. The van der Waals surface area contributed by atoms with Crippen LogP contribution in [0.4, 0.5) is 0 Å². The molecule has 0 aliphatic carbocycles. The third kappa shape index (κ3) is 3.23. The fraction of sp³-hybridized carbons (Fsp3) is 0.400. The van der Waals surface area contributed by atoms with Crippen molar-refractivity contribution in [1.82, 2.24) is 11.2 Å². The zero-order valence-electron chi connectivity index (χ0n) is 11.6. The predicted molar refractivity (Wildman–Crippen MR) is 75.9 cm³/mol. The molecule has 1 atom stereocenters. The number of hydrogen-bond donors (Lipinski definition) is 1. The molecule has 0 saturated carbocycles. The number of nitrogens with zero attached hydrogens (tertiary/aromatic N) is 1. The van der Waals surface area contributed by atoms with E-state index in [1.54, 1.807) is 0 Å². The van der Waals surface area contributed by atoms with Crippen LogP contribution in [0.25, 0.3) is 0 Å². The van der Waals surface area contributed by atoms with Gasteiger partial charge in [-0.1, -0.05) is 38.1 Å². The average Bonchev–Trinajstić information content (AvgIpc) is 2.39. The molecular weight excluding hydrogens is 254 g/mol. The standard InChI is InChI=1S/C15H18N3O2/c1-9(2)12-8-14(20)17-18-15(12)11-5-3-10(4-6-11)7-13(16)19/h3-6,9,12,16H,7-8H2,1-2H3,(H,17,20). The molecule has 1 radical (unpaired) electrons. The third-order valence-corrected chi connectivity index (χ3v) is 3.48. The number of hydrazone groups is 1. The van der Waals surface area contributed by atoms with E-state index in [0.717, 1.165) is 16.8 Å². The Morgan fingerprint density at radius 3 is 2.60 bits per heavy atom. The lowest BCUT2D eigenvalue weighted by Crippen LogP contribution is -2.35. The van der Waals surface area contributed by atoms with E-state index in [0.29, 0.717) is 12.3 Å². The van der Waals surface area contributed by atoms with Crippen LogP contribution in [0.5, 0.6) is 0 Å². The minimum atomic E-state index is -0.597. The van der Waals surface area contributed by atoms with Crippen LogP contribution in [0.3, 0.4) is 0 Å². The van der Waals surface area contributed by atoms with E-state index < -0.39 is 5.91 Å². The normalized spacial score (nSPS) is 18.6. The molecule has 2 N–H and O–H groups in total. The van der Waals surface area contributed by atoms with Crippen molar-refractivity contribution in [1.29, 1.82) is 0 Å². The van der Waals surface area contributed by atoms with Gasteiger partial charge in [0.2, 0.25) is 11.8 Å². The Balaban J connectivity index is 2.25. The lowest BCUT2D eigenvalue weighted by Gasteiger charge is -2.26. The summed E-state index contributed by atoms with van der Waals surface area (Å²) >= 11 is 0. The quantitative estimate of drug-likeness (QED) is 0.901. The highest BCUT2D eigenvalue weighted by molar-refractivity contribution is 6.06. The first-order chi connectivity index (χ1) is 9.47. The first kappa shape index (κ1) is 14.2. The van der Waals surface area contributed by atoms with Crippen LogP contribution in [0.1, 0.15) is 31.4 Å². The van der Waals surface area contributed by atoms with Crippen molar-refractivity contribution in [3.8, 4) is 0 Å². The lowest BCUT2D eigenvalue weighted by atomic mass is 9.83. The van der Waals surface area contributed by atoms with Gasteiger partial charge in [-0.15, -0.1) is 0 Å². The van der Waals surface area contributed by atoms with Crippen LogP contribution >= 0.6 is 0 Å². The first-order valence-electron chi connectivity index (χ1n) is 6.67. The molecule has 0 fully saturated rings. The molecule has 20 heavy (non-hydrogen) atoms. The Kier molecular flexibility index (Phi) is 4.17. The second-order valence-electron chi connectivity index (χ2n) is 5.38. The Morgan fingerprint density at radius 1 is 1.40 bits per heavy atom. The minimum Gasteiger partial charge on any atom is -0.273 e. The molecule has 2 amide bonds. The molecule has 0 aromatic heterocycles. The molecule has 1 aliphatic heterocycles. The number of carbonyl (C=O) groups excluding carboxylic acids is 2. The van der Waals surface area contributed by atoms with Crippen LogP contribution in [-0.4, -0.2) is 17.5 Å². The number of hydrogen-bond acceptors (Lipinski definition) is 3. The van der Waals surface area contributed by atoms with Gasteiger partial charge in [0.1, 0.15) is 0 Å². The van der Waals surface area contributed by atoms with Crippen molar-refractivity contribution in [3.05, 3.63) is 35.4 Å². The number of benzene rings is 1. The average molecular weight is 272 g/mol. The van der Waals surface area contributed by atoms with Crippen molar-refractivity contribution in [2.24, 2.45) is 16.9 Å². The number of carbonyl (C=O) groups is 2. The van der Waals surface area contributed by atoms with E-state index >= 15 is 0 Å². The minimum absolute atomic E-state index is 0.0520. The maximum Gasteiger partial charge on any atom is 0.242 e. The van der Waals surface area contributed by atoms with Gasteiger partial charge in [0.25, 0.3) is 0 Å². The lowest BCUT2D eigenvalue weighted by molar-refractivity contribution is -0.122. The topological polar surface area (TPSA) is 82.3 Å². The summed E-state index contributed by atoms with van der Waals surface area (Å²) in [5, 5.41) is 4.19. The first-order valence-corrected chi connectivity index (χ1v) is 6.67. The van der Waals surface area contributed by atoms with E-state index in [-0.39, 0.29) is 18.2 Å². The van der Waals surface area contributed by atoms with E-state index in [1.165, 1.54) is 0 Å². The smallest absolute Gasteiger partial charge is 0.242 e. The van der Waals surface area contributed by atoms with Gasteiger partial charge in [0.15, 0.2) is 0 Å². The summed E-state index contributed by atoms with van der Waals surface area (Å²) < 4.78 is 0. The van der Waals surface area contributed by atoms with Crippen LogP contribution in [-0.2, 0) is 16.0 Å². The summed E-state index contributed by atoms with van der Waals surface area (Å²) in [5.41, 5.74) is 12.1. The molecule has 105 valence electrons. The molecule has 5 nitrogen and oxygen atoms in total. The molecule has 1 unspecified atom stereocenters. The molecule has 0 saturated heterocycles. The van der Waals surface area contributed by atoms with Gasteiger partial charge < -0.3 is 0 Å². The van der Waals surface area contributed by atoms with Gasteiger partial charge in [0, 0.05) is 12.3 Å². The summed E-state index contributed by atoms with van der Waals surface area (Å²) in [6.07, 6.45) is 0.570. The number of amides is 2. The highest BCUT2D eigenvalue weighted by Gasteiger charge is 2.27. The van der Waals surface area contributed by atoms with Gasteiger partial charge in [-0.25, -0.2) is 5.43 Å². The van der Waals surface area contributed by atoms with Crippen LogP contribution in [0, 0.1) is 11.8 Å². The second-order valence-corrected chi connectivity index (χ2v) is 5.38. The van der Waals surface area contributed by atoms with E-state index in [2.05, 4.69) is 24.4 Å². The summed E-state index contributed by atoms with van der Waals surface area (Å²) in [4.78, 5) is 22.2. The van der Waals surface area contributed by atoms with Gasteiger partial charge in [-0.05, 0) is 17.0 Å². The molecule has 2 rings (SSSR count). The van der Waals surface area contributed by atoms with E-state index in [1.807, 2.05) is 24.3 Å². The highest BCUT2D eigenvalue weighted by Crippen LogP contribution is 2.24. The zero-order valence-corrected chi connectivity index (χ0v) is 11.6. The fourth-order valence-electron chi connectivity index (χ4n) is 2.36. The SMILES string of the molecule is CC(C)C1CC(=O)NN=C1c1ccc(CC([NH])=O)cc1. The summed E-state index contributed by atoms with van der Waals surface area (Å²) in [7, 11) is 0. The van der Waals surface area contributed by atoms with Crippen LogP contribution in [0.15, 0.2) is 29.4 Å². The predicted octanol–water partition coefficient (Wildman–Crippen LogP) is 1.53. The van der Waals surface area contributed by atoms with Gasteiger partial charge in [-0.2, -0.15) is 5.10 Å². The molecule has 0 bridgehead atoms. The summed E-state index contributed by atoms with van der Waals surface area (Å²) in [6, 6.07) is 7.45. The molecular formula is C15H18N3O2. The fourth-order valence-corrected chi connectivity index (χ4v) is 2.36. The highest BCUT2D eigenvalue weighted by atomic mass is 16.2. The Morgan fingerprint density at radius 2 is 2.05 bits per heavy atom. The van der Waals surface area contributed by atoms with Gasteiger partial charge >= 0.3 is 0 Å². The maximum atomic E-state index is 11.5. The van der Waals surface area contributed by atoms with Crippen molar-refractivity contribution >= 4 is 17.5 Å². The molecule has 1 heterocycles. The largest absolute Gasteiger partial charge is 0.273 e. The Hall–Kier alpha value is -2.17. The zero-order chi connectivity index (χ0) is 14.7. The van der Waals surface area contributed by atoms with Gasteiger partial charge in [-0.3, -0.25) is 15.3 Å². The third-order valence-electron chi connectivity index (χ3n) is 3.48. The number of rotatable bonds is 4. The van der Waals surface area contributed by atoms with E-state index in [9.17, 15) is 9.59 Å². The van der Waals surface area contributed by atoms with Crippen LogP contribution in [0.2, 0.25) is 0 Å². The van der Waals surface area contributed by atoms with Crippen molar-refractivity contribution in [3.63, 3.8) is 0 Å². The van der Waals surface area contributed by atoms with Crippen molar-refractivity contribution < 1.29 is 9.59 Å². The van der Waals surface area contributed by atoms with Crippen LogP contribution < -0.4 is 11.2 Å². The second kappa shape index (κ2) is 5.86. The van der Waals surface area contributed by atoms with Crippen molar-refractivity contribution in [2.45, 2.75) is 26.7 Å². The number of nitrogens with one attached hydrogen (secondary N) is 2. The van der Waals surface area contributed by atoms with Gasteiger partial charge in [0.05, 0.1) is 12.1 Å². The molecule has 0 spiro atoms. The summed E-state index contributed by atoms with van der Waals surface area (Å²) in [5.74, 6) is -0.217. The monoisotopic (exact) mass is 272 g/mol.